The molecule has 26 heavy (non-hydrogen) atoms. The van der Waals surface area contributed by atoms with E-state index in [-0.39, 0.29) is 31.1 Å². The van der Waals surface area contributed by atoms with Crippen LogP contribution in [0.4, 0.5) is 5.69 Å². The van der Waals surface area contributed by atoms with Crippen molar-refractivity contribution in [3.8, 4) is 11.5 Å². The number of halogens is 1. The number of ketones is 1. The number of hydrogen-bond acceptors (Lipinski definition) is 5. The molecule has 0 aliphatic carbocycles. The van der Waals surface area contributed by atoms with Gasteiger partial charge in [0.2, 0.25) is 12.7 Å². The highest BCUT2D eigenvalue weighted by Crippen LogP contribution is 2.37. The lowest BCUT2D eigenvalue weighted by Crippen LogP contribution is -2.30. The summed E-state index contributed by atoms with van der Waals surface area (Å²) in [5, 5.41) is 6.57. The number of carbonyl (C=O) groups is 2. The van der Waals surface area contributed by atoms with E-state index >= 15 is 0 Å². The van der Waals surface area contributed by atoms with Crippen LogP contribution in [-0.2, 0) is 4.79 Å². The summed E-state index contributed by atoms with van der Waals surface area (Å²) in [4.78, 5) is 24.2. The molecule has 0 aromatic heterocycles. The van der Waals surface area contributed by atoms with Gasteiger partial charge in [0.25, 0.3) is 0 Å². The Labute approximate surface area is 156 Å². The number of rotatable bonds is 6. The fraction of sp³-hybridized carbons (Fsp3) is 0.263. The first-order valence-electron chi connectivity index (χ1n) is 8.17. The van der Waals surface area contributed by atoms with Crippen molar-refractivity contribution in [1.29, 1.82) is 0 Å². The predicted octanol–water partition coefficient (Wildman–Crippen LogP) is 3.56. The van der Waals surface area contributed by atoms with E-state index in [0.29, 0.717) is 27.8 Å². The van der Waals surface area contributed by atoms with Crippen LogP contribution in [0.3, 0.4) is 0 Å². The van der Waals surface area contributed by atoms with Gasteiger partial charge in [-0.15, -0.1) is 0 Å². The minimum Gasteiger partial charge on any atom is -0.454 e. The SMILES string of the molecule is CC(=O)c1cc2c(cc1NC(=O)CN[C@H](C)c1ccc(Cl)cc1)OCO2. The Kier molecular flexibility index (Phi) is 5.44. The number of Topliss-reactive ketones (excluding diaryl/α,β-unsaturated/α-hetero) is 1. The van der Waals surface area contributed by atoms with Gasteiger partial charge in [-0.25, -0.2) is 0 Å². The molecule has 1 amide bonds. The second kappa shape index (κ2) is 7.76. The highest BCUT2D eigenvalue weighted by molar-refractivity contribution is 6.30. The maximum atomic E-state index is 12.3. The van der Waals surface area contributed by atoms with Gasteiger partial charge in [-0.2, -0.15) is 0 Å². The standard InChI is InChI=1S/C19H19ClN2O4/c1-11(13-3-5-14(20)6-4-13)21-9-19(24)22-16-8-18-17(25-10-26-18)7-15(16)12(2)23/h3-8,11,21H,9-10H2,1-2H3,(H,22,24)/t11-/m1/s1. The summed E-state index contributed by atoms with van der Waals surface area (Å²) in [7, 11) is 0. The number of anilines is 1. The van der Waals surface area contributed by atoms with E-state index < -0.39 is 0 Å². The smallest absolute Gasteiger partial charge is 0.238 e. The van der Waals surface area contributed by atoms with Crippen molar-refractivity contribution >= 4 is 29.0 Å². The van der Waals surface area contributed by atoms with Crippen LogP contribution in [0.2, 0.25) is 5.02 Å². The average molecular weight is 375 g/mol. The van der Waals surface area contributed by atoms with Gasteiger partial charge in [-0.05, 0) is 37.6 Å². The third kappa shape index (κ3) is 4.15. The summed E-state index contributed by atoms with van der Waals surface area (Å²) < 4.78 is 10.6. The van der Waals surface area contributed by atoms with Crippen LogP contribution in [0.15, 0.2) is 36.4 Å². The fourth-order valence-corrected chi connectivity index (χ4v) is 2.77. The molecule has 0 saturated heterocycles. The van der Waals surface area contributed by atoms with Crippen molar-refractivity contribution in [2.45, 2.75) is 19.9 Å². The number of carbonyl (C=O) groups excluding carboxylic acids is 2. The number of nitrogens with one attached hydrogen (secondary N) is 2. The van der Waals surface area contributed by atoms with Gasteiger partial charge >= 0.3 is 0 Å². The van der Waals surface area contributed by atoms with Crippen LogP contribution in [0, 0.1) is 0 Å². The molecule has 1 heterocycles. The zero-order chi connectivity index (χ0) is 18.7. The molecule has 6 nitrogen and oxygen atoms in total. The molecule has 1 aliphatic heterocycles. The summed E-state index contributed by atoms with van der Waals surface area (Å²) >= 11 is 5.88. The lowest BCUT2D eigenvalue weighted by Gasteiger charge is -2.15. The maximum absolute atomic E-state index is 12.3. The molecule has 0 spiro atoms. The second-order valence-electron chi connectivity index (χ2n) is 6.01. The quantitative estimate of drug-likeness (QED) is 0.756. The van der Waals surface area contributed by atoms with E-state index in [4.69, 9.17) is 21.1 Å². The van der Waals surface area contributed by atoms with E-state index in [0.717, 1.165) is 5.56 Å². The monoisotopic (exact) mass is 374 g/mol. The van der Waals surface area contributed by atoms with Gasteiger partial charge in [0.15, 0.2) is 17.3 Å². The Morgan fingerprint density at radius 3 is 2.46 bits per heavy atom. The van der Waals surface area contributed by atoms with E-state index in [1.54, 1.807) is 24.3 Å². The fourth-order valence-electron chi connectivity index (χ4n) is 2.65. The molecule has 0 bridgehead atoms. The number of benzene rings is 2. The van der Waals surface area contributed by atoms with E-state index in [2.05, 4.69) is 10.6 Å². The number of amides is 1. The van der Waals surface area contributed by atoms with E-state index in [1.165, 1.54) is 6.92 Å². The minimum absolute atomic E-state index is 0.0259. The zero-order valence-corrected chi connectivity index (χ0v) is 15.2. The molecule has 0 radical (unpaired) electrons. The highest BCUT2D eigenvalue weighted by atomic mass is 35.5. The summed E-state index contributed by atoms with van der Waals surface area (Å²) in [6, 6.07) is 10.6. The predicted molar refractivity (Wildman–Crippen MR) is 99.1 cm³/mol. The molecule has 2 aromatic carbocycles. The van der Waals surface area contributed by atoms with Crippen molar-refractivity contribution in [2.24, 2.45) is 0 Å². The first kappa shape index (κ1) is 18.2. The highest BCUT2D eigenvalue weighted by Gasteiger charge is 2.20. The first-order chi connectivity index (χ1) is 12.4. The van der Waals surface area contributed by atoms with Gasteiger partial charge in [-0.3, -0.25) is 9.59 Å². The van der Waals surface area contributed by atoms with Crippen LogP contribution in [0.1, 0.15) is 35.8 Å². The molecule has 2 aromatic rings. The average Bonchev–Trinajstić information content (AvgIpc) is 3.06. The van der Waals surface area contributed by atoms with E-state index in [9.17, 15) is 9.59 Å². The Morgan fingerprint density at radius 2 is 1.81 bits per heavy atom. The molecule has 7 heteroatoms. The summed E-state index contributed by atoms with van der Waals surface area (Å²) in [5.74, 6) is 0.587. The lowest BCUT2D eigenvalue weighted by molar-refractivity contribution is -0.115. The van der Waals surface area contributed by atoms with Crippen molar-refractivity contribution in [2.75, 3.05) is 18.7 Å². The number of hydrogen-bond donors (Lipinski definition) is 2. The topological polar surface area (TPSA) is 76.7 Å². The molecule has 0 unspecified atom stereocenters. The molecule has 2 N–H and O–H groups in total. The van der Waals surface area contributed by atoms with Gasteiger partial charge in [0.1, 0.15) is 0 Å². The third-order valence-corrected chi connectivity index (χ3v) is 4.36. The Balaban J connectivity index is 1.64. The second-order valence-corrected chi connectivity index (χ2v) is 6.45. The number of ether oxygens (including phenoxy) is 2. The number of fused-ring (bicyclic) bond motifs is 1. The molecule has 0 fully saturated rings. The van der Waals surface area contributed by atoms with Crippen LogP contribution < -0.4 is 20.1 Å². The van der Waals surface area contributed by atoms with Crippen LogP contribution >= 0.6 is 11.6 Å². The van der Waals surface area contributed by atoms with Crippen LogP contribution in [-0.4, -0.2) is 25.0 Å². The summed E-state index contributed by atoms with van der Waals surface area (Å²) in [6.07, 6.45) is 0. The molecular weight excluding hydrogens is 356 g/mol. The van der Waals surface area contributed by atoms with Gasteiger partial charge in [0, 0.05) is 22.7 Å². The lowest BCUT2D eigenvalue weighted by atomic mass is 10.1. The van der Waals surface area contributed by atoms with E-state index in [1.807, 2.05) is 19.1 Å². The molecule has 1 aliphatic rings. The summed E-state index contributed by atoms with van der Waals surface area (Å²) in [6.45, 7) is 3.59. The summed E-state index contributed by atoms with van der Waals surface area (Å²) in [5.41, 5.74) is 1.82. The van der Waals surface area contributed by atoms with Crippen LogP contribution in [0.5, 0.6) is 11.5 Å². The zero-order valence-electron chi connectivity index (χ0n) is 14.5. The van der Waals surface area contributed by atoms with Gasteiger partial charge in [0.05, 0.1) is 12.2 Å². The van der Waals surface area contributed by atoms with Gasteiger partial charge < -0.3 is 20.1 Å². The molecule has 0 saturated carbocycles. The largest absolute Gasteiger partial charge is 0.454 e. The maximum Gasteiger partial charge on any atom is 0.238 e. The van der Waals surface area contributed by atoms with Crippen LogP contribution in [0.25, 0.3) is 0 Å². The molecule has 136 valence electrons. The van der Waals surface area contributed by atoms with Crippen molar-refractivity contribution in [3.05, 3.63) is 52.5 Å². The normalized spacial score (nSPS) is 13.3. The molecule has 3 rings (SSSR count). The van der Waals surface area contributed by atoms with Crippen molar-refractivity contribution < 1.29 is 19.1 Å². The third-order valence-electron chi connectivity index (χ3n) is 4.10. The Hall–Kier alpha value is -2.57. The van der Waals surface area contributed by atoms with Crippen molar-refractivity contribution in [3.63, 3.8) is 0 Å². The first-order valence-corrected chi connectivity index (χ1v) is 8.55. The minimum atomic E-state index is -0.257. The molecular formula is C19H19ClN2O4. The molecule has 1 atom stereocenters. The Bertz CT molecular complexity index is 836. The Morgan fingerprint density at radius 1 is 1.15 bits per heavy atom. The van der Waals surface area contributed by atoms with Gasteiger partial charge in [-0.1, -0.05) is 23.7 Å². The van der Waals surface area contributed by atoms with Crippen molar-refractivity contribution in [1.82, 2.24) is 5.32 Å².